The summed E-state index contributed by atoms with van der Waals surface area (Å²) in [7, 11) is 0. The van der Waals surface area contributed by atoms with Crippen LogP contribution in [0.4, 0.5) is 0 Å². The number of carbonyl (C=O) groups is 1. The Morgan fingerprint density at radius 2 is 2.17 bits per heavy atom. The maximum absolute atomic E-state index is 10.5. The van der Waals surface area contributed by atoms with Crippen LogP contribution in [0.25, 0.3) is 0 Å². The molecule has 2 rings (SSSR count). The number of hydrogen-bond donors (Lipinski definition) is 1. The Bertz CT molecular complexity index is 408. The molecule has 1 aliphatic heterocycles. The Balaban J connectivity index is 1.93. The zero-order valence-electron chi connectivity index (χ0n) is 10.8. The monoisotopic (exact) mass is 253 g/mol. The van der Waals surface area contributed by atoms with Crippen molar-refractivity contribution in [1.82, 2.24) is 15.0 Å². The Hall–Kier alpha value is -1.43. The first-order valence-electron chi connectivity index (χ1n) is 6.34. The molecular weight excluding hydrogens is 234 g/mol. The smallest absolute Gasteiger partial charge is 0.311 e. The summed E-state index contributed by atoms with van der Waals surface area (Å²) in [6.07, 6.45) is 1.81. The second-order valence-electron chi connectivity index (χ2n) is 5.02. The molecule has 1 N–H and O–H groups in total. The van der Waals surface area contributed by atoms with Crippen LogP contribution < -0.4 is 0 Å². The van der Waals surface area contributed by atoms with Gasteiger partial charge in [-0.15, -0.1) is 0 Å². The zero-order valence-corrected chi connectivity index (χ0v) is 10.8. The quantitative estimate of drug-likeness (QED) is 0.870. The highest BCUT2D eigenvalue weighted by Crippen LogP contribution is 2.27. The van der Waals surface area contributed by atoms with Gasteiger partial charge in [0.15, 0.2) is 5.82 Å². The van der Waals surface area contributed by atoms with Crippen LogP contribution in [0.15, 0.2) is 4.52 Å². The van der Waals surface area contributed by atoms with Crippen molar-refractivity contribution in [2.45, 2.75) is 45.1 Å². The van der Waals surface area contributed by atoms with Gasteiger partial charge in [-0.1, -0.05) is 5.16 Å². The molecule has 1 aromatic rings. The molecule has 18 heavy (non-hydrogen) atoms. The molecule has 0 aliphatic carbocycles. The second-order valence-corrected chi connectivity index (χ2v) is 5.02. The molecule has 1 aliphatic rings. The fourth-order valence-electron chi connectivity index (χ4n) is 2.30. The number of aliphatic carboxylic acids is 1. The van der Waals surface area contributed by atoms with Crippen molar-refractivity contribution < 1.29 is 14.4 Å². The lowest BCUT2D eigenvalue weighted by atomic mass is 9.96. The van der Waals surface area contributed by atoms with Crippen molar-refractivity contribution in [3.63, 3.8) is 0 Å². The summed E-state index contributed by atoms with van der Waals surface area (Å²) in [6.45, 7) is 6.44. The van der Waals surface area contributed by atoms with E-state index >= 15 is 0 Å². The summed E-state index contributed by atoms with van der Waals surface area (Å²) in [4.78, 5) is 17.1. The third-order valence-corrected chi connectivity index (χ3v) is 3.40. The first kappa shape index (κ1) is 13.0. The molecular formula is C12H19N3O3. The Morgan fingerprint density at radius 1 is 1.50 bits per heavy atom. The van der Waals surface area contributed by atoms with Gasteiger partial charge in [-0.05, 0) is 39.8 Å². The Morgan fingerprint density at radius 3 is 2.72 bits per heavy atom. The van der Waals surface area contributed by atoms with Crippen LogP contribution >= 0.6 is 0 Å². The third-order valence-electron chi connectivity index (χ3n) is 3.40. The number of carboxylic acids is 1. The lowest BCUT2D eigenvalue weighted by Gasteiger charge is -2.33. The topological polar surface area (TPSA) is 79.5 Å². The van der Waals surface area contributed by atoms with E-state index in [1.807, 2.05) is 0 Å². The molecule has 0 atom stereocenters. The van der Waals surface area contributed by atoms with Crippen molar-refractivity contribution >= 4 is 5.97 Å². The van der Waals surface area contributed by atoms with E-state index in [1.165, 1.54) is 0 Å². The highest BCUT2D eigenvalue weighted by Gasteiger charge is 2.26. The molecule has 0 unspecified atom stereocenters. The fraction of sp³-hybridized carbons (Fsp3) is 0.750. The minimum atomic E-state index is -0.933. The van der Waals surface area contributed by atoms with Crippen LogP contribution in [-0.2, 0) is 11.2 Å². The molecule has 0 bridgehead atoms. The van der Waals surface area contributed by atoms with Gasteiger partial charge in [-0.2, -0.15) is 4.98 Å². The van der Waals surface area contributed by atoms with Gasteiger partial charge in [-0.3, -0.25) is 4.79 Å². The van der Waals surface area contributed by atoms with Gasteiger partial charge in [-0.25, -0.2) is 0 Å². The van der Waals surface area contributed by atoms with Crippen LogP contribution in [0.3, 0.4) is 0 Å². The average Bonchev–Trinajstić information content (AvgIpc) is 2.76. The highest BCUT2D eigenvalue weighted by atomic mass is 16.5. The van der Waals surface area contributed by atoms with Gasteiger partial charge in [0.1, 0.15) is 6.42 Å². The molecule has 0 aromatic carbocycles. The molecule has 0 radical (unpaired) electrons. The second kappa shape index (κ2) is 5.48. The van der Waals surface area contributed by atoms with Crippen LogP contribution in [0.1, 0.15) is 44.3 Å². The lowest BCUT2D eigenvalue weighted by Crippen LogP contribution is -2.37. The summed E-state index contributed by atoms with van der Waals surface area (Å²) in [5, 5.41) is 12.4. The number of likely N-dealkylation sites (tertiary alicyclic amines) is 1. The molecule has 100 valence electrons. The standard InChI is InChI=1S/C12H19N3O3/c1-8(2)15-5-3-9(4-6-15)12-13-10(14-18-12)7-11(16)17/h8-9H,3-7H2,1-2H3,(H,16,17). The van der Waals surface area contributed by atoms with Crippen molar-refractivity contribution in [3.05, 3.63) is 11.7 Å². The number of aromatic nitrogens is 2. The molecule has 6 nitrogen and oxygen atoms in total. The predicted molar refractivity (Wildman–Crippen MR) is 64.3 cm³/mol. The van der Waals surface area contributed by atoms with Crippen molar-refractivity contribution in [2.75, 3.05) is 13.1 Å². The fourth-order valence-corrected chi connectivity index (χ4v) is 2.30. The first-order valence-corrected chi connectivity index (χ1v) is 6.34. The summed E-state index contributed by atoms with van der Waals surface area (Å²) >= 11 is 0. The maximum atomic E-state index is 10.5. The Labute approximate surface area is 106 Å². The van der Waals surface area contributed by atoms with Gasteiger partial charge in [0.05, 0.1) is 0 Å². The number of piperidine rings is 1. The van der Waals surface area contributed by atoms with Crippen LogP contribution in [0.5, 0.6) is 0 Å². The van der Waals surface area contributed by atoms with E-state index in [0.717, 1.165) is 25.9 Å². The normalized spacial score (nSPS) is 18.4. The molecule has 0 saturated carbocycles. The predicted octanol–water partition coefficient (Wildman–Crippen LogP) is 1.28. The van der Waals surface area contributed by atoms with Gasteiger partial charge in [0, 0.05) is 12.0 Å². The van der Waals surface area contributed by atoms with Gasteiger partial charge < -0.3 is 14.5 Å². The number of carboxylic acid groups (broad SMARTS) is 1. The van der Waals surface area contributed by atoms with Gasteiger partial charge in [0.25, 0.3) is 0 Å². The van der Waals surface area contributed by atoms with E-state index in [2.05, 4.69) is 28.9 Å². The largest absolute Gasteiger partial charge is 0.481 e. The van der Waals surface area contributed by atoms with Crippen LogP contribution in [0.2, 0.25) is 0 Å². The van der Waals surface area contributed by atoms with Crippen LogP contribution in [-0.4, -0.2) is 45.2 Å². The summed E-state index contributed by atoms with van der Waals surface area (Å²) in [6, 6.07) is 0.566. The number of hydrogen-bond acceptors (Lipinski definition) is 5. The van der Waals surface area contributed by atoms with E-state index in [0.29, 0.717) is 11.9 Å². The zero-order chi connectivity index (χ0) is 13.1. The van der Waals surface area contributed by atoms with Crippen LogP contribution in [0, 0.1) is 0 Å². The summed E-state index contributed by atoms with van der Waals surface area (Å²) < 4.78 is 5.16. The van der Waals surface area contributed by atoms with Crippen molar-refractivity contribution in [1.29, 1.82) is 0 Å². The molecule has 6 heteroatoms. The average molecular weight is 253 g/mol. The molecule has 0 spiro atoms. The minimum absolute atomic E-state index is 0.172. The molecule has 1 fully saturated rings. The molecule has 1 aromatic heterocycles. The SMILES string of the molecule is CC(C)N1CCC(c2nc(CC(=O)O)no2)CC1. The number of nitrogens with zero attached hydrogens (tertiary/aromatic N) is 3. The highest BCUT2D eigenvalue weighted by molar-refractivity contribution is 5.68. The van der Waals surface area contributed by atoms with Crippen molar-refractivity contribution in [2.24, 2.45) is 0 Å². The van der Waals surface area contributed by atoms with Crippen molar-refractivity contribution in [3.8, 4) is 0 Å². The third kappa shape index (κ3) is 3.07. The first-order chi connectivity index (χ1) is 8.56. The van der Waals surface area contributed by atoms with E-state index in [1.54, 1.807) is 0 Å². The summed E-state index contributed by atoms with van der Waals surface area (Å²) in [5.74, 6) is 0.200. The van der Waals surface area contributed by atoms with Gasteiger partial charge in [0.2, 0.25) is 5.89 Å². The minimum Gasteiger partial charge on any atom is -0.481 e. The van der Waals surface area contributed by atoms with E-state index in [9.17, 15) is 4.79 Å². The maximum Gasteiger partial charge on any atom is 0.311 e. The van der Waals surface area contributed by atoms with E-state index < -0.39 is 5.97 Å². The Kier molecular flexibility index (Phi) is 3.96. The molecule has 0 amide bonds. The van der Waals surface area contributed by atoms with Gasteiger partial charge >= 0.3 is 5.97 Å². The van der Waals surface area contributed by atoms with E-state index in [4.69, 9.17) is 9.63 Å². The molecule has 2 heterocycles. The summed E-state index contributed by atoms with van der Waals surface area (Å²) in [5.41, 5.74) is 0. The van der Waals surface area contributed by atoms with E-state index in [-0.39, 0.29) is 18.2 Å². The lowest BCUT2D eigenvalue weighted by molar-refractivity contribution is -0.136. The number of rotatable bonds is 4. The molecule has 1 saturated heterocycles.